The fourth-order valence-corrected chi connectivity index (χ4v) is 2.76. The minimum Gasteiger partial charge on any atom is -0.303 e. The van der Waals surface area contributed by atoms with Gasteiger partial charge in [-0.05, 0) is 32.1 Å². The second-order valence-electron chi connectivity index (χ2n) is 6.79. The highest BCUT2D eigenvalue weighted by Gasteiger charge is 2.12. The lowest BCUT2D eigenvalue weighted by Crippen LogP contribution is -2.16. The van der Waals surface area contributed by atoms with Crippen LogP contribution in [0, 0.1) is 11.3 Å². The first-order valence-corrected chi connectivity index (χ1v) is 9.15. The van der Waals surface area contributed by atoms with Crippen molar-refractivity contribution in [3.8, 4) is 17.3 Å². The summed E-state index contributed by atoms with van der Waals surface area (Å²) >= 11 is 0. The van der Waals surface area contributed by atoms with Crippen molar-refractivity contribution in [1.29, 1.82) is 5.26 Å². The van der Waals surface area contributed by atoms with Gasteiger partial charge in [0.25, 0.3) is 5.56 Å². The van der Waals surface area contributed by atoms with Gasteiger partial charge in [0.1, 0.15) is 11.6 Å². The van der Waals surface area contributed by atoms with E-state index in [0.29, 0.717) is 17.3 Å². The van der Waals surface area contributed by atoms with Gasteiger partial charge in [0.2, 0.25) is 5.95 Å². The Kier molecular flexibility index (Phi) is 6.17. The lowest BCUT2D eigenvalue weighted by molar-refractivity contribution is 0.321. The van der Waals surface area contributed by atoms with Crippen LogP contribution in [0.2, 0.25) is 0 Å². The molecule has 1 unspecified atom stereocenters. The van der Waals surface area contributed by atoms with Crippen LogP contribution < -0.4 is 11.0 Å². The quantitative estimate of drug-likeness (QED) is 0.500. The molecule has 7 nitrogen and oxygen atoms in total. The molecule has 1 aromatic heterocycles. The van der Waals surface area contributed by atoms with E-state index in [1.807, 2.05) is 50.5 Å². The second kappa shape index (κ2) is 8.95. The topological polar surface area (TPSA) is 97.2 Å². The van der Waals surface area contributed by atoms with Gasteiger partial charge in [-0.25, -0.2) is 10.4 Å². The van der Waals surface area contributed by atoms with Crippen molar-refractivity contribution in [2.45, 2.75) is 13.0 Å². The summed E-state index contributed by atoms with van der Waals surface area (Å²) in [6.45, 7) is 2.14. The Morgan fingerprint density at radius 3 is 2.48 bits per heavy atom. The van der Waals surface area contributed by atoms with Crippen LogP contribution in [-0.2, 0) is 0 Å². The van der Waals surface area contributed by atoms with E-state index >= 15 is 0 Å². The summed E-state index contributed by atoms with van der Waals surface area (Å²) in [6, 6.07) is 19.4. The minimum absolute atomic E-state index is 0.0312. The van der Waals surface area contributed by atoms with Gasteiger partial charge in [-0.2, -0.15) is 10.4 Å². The van der Waals surface area contributed by atoms with E-state index in [4.69, 9.17) is 0 Å². The first kappa shape index (κ1) is 20.0. The largest absolute Gasteiger partial charge is 0.303 e. The number of hydrogen-bond donors (Lipinski definition) is 2. The van der Waals surface area contributed by atoms with Crippen LogP contribution in [0.3, 0.4) is 0 Å². The Morgan fingerprint density at radius 1 is 1.17 bits per heavy atom. The number of nitrogens with one attached hydrogen (secondary N) is 2. The third-order valence-electron chi connectivity index (χ3n) is 4.66. The number of hydrogen-bond acceptors (Lipinski definition) is 6. The average Bonchev–Trinajstić information content (AvgIpc) is 2.74. The van der Waals surface area contributed by atoms with Gasteiger partial charge in [-0.1, -0.05) is 54.6 Å². The highest BCUT2D eigenvalue weighted by Crippen LogP contribution is 2.19. The predicted molar refractivity (Wildman–Crippen MR) is 115 cm³/mol. The Morgan fingerprint density at radius 2 is 1.86 bits per heavy atom. The Bertz CT molecular complexity index is 1090. The second-order valence-corrected chi connectivity index (χ2v) is 6.79. The first-order chi connectivity index (χ1) is 14.0. The van der Waals surface area contributed by atoms with E-state index in [-0.39, 0.29) is 11.5 Å². The summed E-state index contributed by atoms with van der Waals surface area (Å²) in [5.74, 6) is 0.168. The number of nitrogens with zero attached hydrogens (tertiary/aromatic N) is 4. The summed E-state index contributed by atoms with van der Waals surface area (Å²) in [6.07, 6.45) is 1.64. The molecule has 0 radical (unpaired) electrons. The maximum Gasteiger partial charge on any atom is 0.270 e. The van der Waals surface area contributed by atoms with Gasteiger partial charge >= 0.3 is 0 Å². The summed E-state index contributed by atoms with van der Waals surface area (Å²) in [5.41, 5.74) is 5.32. The molecule has 29 heavy (non-hydrogen) atoms. The average molecular weight is 386 g/mol. The maximum atomic E-state index is 12.2. The van der Waals surface area contributed by atoms with Crippen molar-refractivity contribution in [2.24, 2.45) is 5.10 Å². The molecule has 0 saturated heterocycles. The molecule has 2 aromatic carbocycles. The molecule has 2 N–H and O–H groups in total. The smallest absolute Gasteiger partial charge is 0.270 e. The Hall–Kier alpha value is -3.76. The number of nitriles is 1. The van der Waals surface area contributed by atoms with Crippen LogP contribution >= 0.6 is 0 Å². The van der Waals surface area contributed by atoms with Crippen LogP contribution in [0.4, 0.5) is 5.95 Å². The van der Waals surface area contributed by atoms with E-state index in [1.54, 1.807) is 18.3 Å². The zero-order valence-electron chi connectivity index (χ0n) is 16.5. The van der Waals surface area contributed by atoms with Crippen molar-refractivity contribution in [2.75, 3.05) is 19.5 Å². The first-order valence-electron chi connectivity index (χ1n) is 9.15. The van der Waals surface area contributed by atoms with Crippen molar-refractivity contribution in [1.82, 2.24) is 14.9 Å². The molecule has 0 aliphatic carbocycles. The molecule has 146 valence electrons. The molecular weight excluding hydrogens is 364 g/mol. The molecule has 0 aliphatic rings. The van der Waals surface area contributed by atoms with Crippen LogP contribution in [0.15, 0.2) is 64.5 Å². The Balaban J connectivity index is 1.80. The third kappa shape index (κ3) is 4.75. The maximum absolute atomic E-state index is 12.2. The van der Waals surface area contributed by atoms with E-state index in [1.165, 1.54) is 5.56 Å². The molecule has 0 aliphatic heterocycles. The summed E-state index contributed by atoms with van der Waals surface area (Å²) in [7, 11) is 4.08. The molecule has 0 saturated carbocycles. The molecule has 1 heterocycles. The lowest BCUT2D eigenvalue weighted by Gasteiger charge is -2.20. The van der Waals surface area contributed by atoms with Crippen LogP contribution in [-0.4, -0.2) is 35.2 Å². The number of anilines is 1. The van der Waals surface area contributed by atoms with Gasteiger partial charge in [0.05, 0.1) is 11.9 Å². The molecule has 0 spiro atoms. The predicted octanol–water partition coefficient (Wildman–Crippen LogP) is 3.38. The standard InChI is InChI=1S/C22H22N6O/c1-15(28(2)3)17-11-9-16(10-12-17)14-24-27-22-25-20(18-7-5-4-6-8-18)19(13-23)21(29)26-22/h4-12,14-15H,1-3H3,(H2,25,26,27,29). The number of aromatic amines is 1. The fraction of sp³-hybridized carbons (Fsp3) is 0.182. The van der Waals surface area contributed by atoms with Gasteiger partial charge in [-0.15, -0.1) is 0 Å². The SMILES string of the molecule is CC(c1ccc(C=NNc2nc(-c3ccccc3)c(C#N)c(=O)[nH]2)cc1)N(C)C. The van der Waals surface area contributed by atoms with Gasteiger partial charge in [0.15, 0.2) is 0 Å². The zero-order valence-corrected chi connectivity index (χ0v) is 16.5. The van der Waals surface area contributed by atoms with Crippen molar-refractivity contribution >= 4 is 12.2 Å². The van der Waals surface area contributed by atoms with Crippen molar-refractivity contribution in [3.63, 3.8) is 0 Å². The highest BCUT2D eigenvalue weighted by molar-refractivity contribution is 5.80. The highest BCUT2D eigenvalue weighted by atomic mass is 16.1. The molecule has 0 bridgehead atoms. The summed E-state index contributed by atoms with van der Waals surface area (Å²) in [4.78, 5) is 21.3. The van der Waals surface area contributed by atoms with E-state index in [9.17, 15) is 10.1 Å². The van der Waals surface area contributed by atoms with Gasteiger partial charge in [0, 0.05) is 11.6 Å². The van der Waals surface area contributed by atoms with Gasteiger partial charge < -0.3 is 4.90 Å². The normalized spacial score (nSPS) is 12.1. The number of benzene rings is 2. The fourth-order valence-electron chi connectivity index (χ4n) is 2.76. The van der Waals surface area contributed by atoms with E-state index in [0.717, 1.165) is 5.56 Å². The molecule has 0 amide bonds. The molecule has 1 atom stereocenters. The molecule has 3 aromatic rings. The summed E-state index contributed by atoms with van der Waals surface area (Å²) < 4.78 is 0. The number of hydrazone groups is 1. The van der Waals surface area contributed by atoms with Gasteiger partial charge in [-0.3, -0.25) is 9.78 Å². The van der Waals surface area contributed by atoms with E-state index < -0.39 is 5.56 Å². The minimum atomic E-state index is -0.513. The molecule has 3 rings (SSSR count). The van der Waals surface area contributed by atoms with Crippen molar-refractivity contribution in [3.05, 3.63) is 81.6 Å². The monoisotopic (exact) mass is 386 g/mol. The van der Waals surface area contributed by atoms with Crippen LogP contribution in [0.5, 0.6) is 0 Å². The van der Waals surface area contributed by atoms with Crippen LogP contribution in [0.1, 0.15) is 29.7 Å². The van der Waals surface area contributed by atoms with Crippen molar-refractivity contribution < 1.29 is 0 Å². The third-order valence-corrected chi connectivity index (χ3v) is 4.66. The Labute approximate surface area is 169 Å². The summed E-state index contributed by atoms with van der Waals surface area (Å²) in [5, 5.41) is 13.5. The lowest BCUT2D eigenvalue weighted by atomic mass is 10.1. The van der Waals surface area contributed by atoms with Crippen LogP contribution in [0.25, 0.3) is 11.3 Å². The van der Waals surface area contributed by atoms with E-state index in [2.05, 4.69) is 44.5 Å². The molecule has 7 heteroatoms. The number of H-pyrrole nitrogens is 1. The zero-order chi connectivity index (χ0) is 20.8. The molecule has 0 fully saturated rings. The number of rotatable bonds is 6. The molecular formula is C22H22N6O. The number of aromatic nitrogens is 2.